The number of ether oxygens (including phenoxy) is 3. The van der Waals surface area contributed by atoms with Gasteiger partial charge >= 0.3 is 5.97 Å². The molecular weight excluding hydrogens is 364 g/mol. The zero-order chi connectivity index (χ0) is 20.9. The number of carbonyl (C=O) groups is 1. The summed E-state index contributed by atoms with van der Waals surface area (Å²) >= 11 is 0. The van der Waals surface area contributed by atoms with Gasteiger partial charge in [0.2, 0.25) is 0 Å². The Labute approximate surface area is 174 Å². The van der Waals surface area contributed by atoms with Gasteiger partial charge in [0.15, 0.2) is 0 Å². The highest BCUT2D eigenvalue weighted by atomic mass is 16.5. The molecule has 0 N–H and O–H groups in total. The maximum absolute atomic E-state index is 11.6. The second kappa shape index (κ2) is 12.8. The molecule has 4 heteroatoms. The molecule has 0 saturated heterocycles. The minimum absolute atomic E-state index is 0.308. The Balaban J connectivity index is 1.89. The van der Waals surface area contributed by atoms with Gasteiger partial charge in [0, 0.05) is 6.42 Å². The van der Waals surface area contributed by atoms with Gasteiger partial charge < -0.3 is 14.2 Å². The number of carbonyl (C=O) groups excluding carboxylic acids is 1. The van der Waals surface area contributed by atoms with Crippen molar-refractivity contribution in [1.82, 2.24) is 0 Å². The smallest absolute Gasteiger partial charge is 0.337 e. The molecule has 2 aromatic rings. The van der Waals surface area contributed by atoms with E-state index in [-0.39, 0.29) is 5.97 Å². The van der Waals surface area contributed by atoms with Gasteiger partial charge in [-0.1, -0.05) is 55.5 Å². The fraction of sp³-hybridized carbons (Fsp3) is 0.400. The topological polar surface area (TPSA) is 44.8 Å². The molecule has 0 saturated carbocycles. The Morgan fingerprint density at radius 3 is 2.31 bits per heavy atom. The molecule has 0 heterocycles. The molecule has 0 aliphatic heterocycles. The van der Waals surface area contributed by atoms with E-state index in [1.807, 2.05) is 42.5 Å². The van der Waals surface area contributed by atoms with E-state index in [9.17, 15) is 4.79 Å². The van der Waals surface area contributed by atoms with Crippen LogP contribution in [0.15, 0.2) is 66.9 Å². The summed E-state index contributed by atoms with van der Waals surface area (Å²) < 4.78 is 15.9. The first-order valence-electron chi connectivity index (χ1n) is 10.1. The van der Waals surface area contributed by atoms with Crippen LogP contribution in [-0.2, 0) is 27.2 Å². The zero-order valence-electron chi connectivity index (χ0n) is 17.6. The van der Waals surface area contributed by atoms with Crippen LogP contribution in [0, 0.1) is 5.92 Å². The van der Waals surface area contributed by atoms with E-state index in [1.54, 1.807) is 7.11 Å². The van der Waals surface area contributed by atoms with Gasteiger partial charge in [0.1, 0.15) is 0 Å². The molecule has 1 unspecified atom stereocenters. The average molecular weight is 397 g/mol. The molecule has 0 aromatic heterocycles. The number of benzene rings is 2. The number of methoxy groups -OCH3 is 2. The summed E-state index contributed by atoms with van der Waals surface area (Å²) in [6, 6.07) is 17.9. The summed E-state index contributed by atoms with van der Waals surface area (Å²) in [4.78, 5) is 11.6. The first kappa shape index (κ1) is 22.7. The predicted octanol–water partition coefficient (Wildman–Crippen LogP) is 5.57. The number of allylic oxidation sites excluding steroid dienone is 1. The summed E-state index contributed by atoms with van der Waals surface area (Å²) in [6.07, 6.45) is 5.04. The molecule has 1 atom stereocenters. The molecule has 2 aromatic carbocycles. The zero-order valence-corrected chi connectivity index (χ0v) is 17.6. The summed E-state index contributed by atoms with van der Waals surface area (Å²) in [5, 5.41) is 0. The second-order valence-corrected chi connectivity index (χ2v) is 7.25. The molecular formula is C25H32O4. The Morgan fingerprint density at radius 2 is 1.66 bits per heavy atom. The van der Waals surface area contributed by atoms with Crippen molar-refractivity contribution in [2.24, 2.45) is 5.92 Å². The maximum Gasteiger partial charge on any atom is 0.337 e. The van der Waals surface area contributed by atoms with Crippen LogP contribution in [0.4, 0.5) is 0 Å². The van der Waals surface area contributed by atoms with Crippen LogP contribution in [0.1, 0.15) is 47.2 Å². The number of hydrogen-bond acceptors (Lipinski definition) is 4. The quantitative estimate of drug-likeness (QED) is 0.252. The Bertz CT molecular complexity index is 737. The van der Waals surface area contributed by atoms with Gasteiger partial charge in [-0.05, 0) is 48.4 Å². The molecule has 0 fully saturated rings. The van der Waals surface area contributed by atoms with Crippen molar-refractivity contribution >= 4 is 5.97 Å². The van der Waals surface area contributed by atoms with Crippen molar-refractivity contribution in [3.05, 3.63) is 83.6 Å². The SMILES string of the molecule is C=C(CCCCC(COCc1ccccc1)Cc1ccc(C(=O)OC)cc1)OC. The molecule has 156 valence electrons. The van der Waals surface area contributed by atoms with E-state index >= 15 is 0 Å². The van der Waals surface area contributed by atoms with Crippen molar-refractivity contribution in [2.45, 2.75) is 38.7 Å². The van der Waals surface area contributed by atoms with Crippen molar-refractivity contribution in [1.29, 1.82) is 0 Å². The normalized spacial score (nSPS) is 11.7. The van der Waals surface area contributed by atoms with Gasteiger partial charge in [-0.3, -0.25) is 0 Å². The summed E-state index contributed by atoms with van der Waals surface area (Å²) in [5.74, 6) is 0.941. The van der Waals surface area contributed by atoms with Gasteiger partial charge in [0.25, 0.3) is 0 Å². The molecule has 0 amide bonds. The minimum atomic E-state index is -0.308. The summed E-state index contributed by atoms with van der Waals surface area (Å²) in [5.41, 5.74) is 2.96. The van der Waals surface area contributed by atoms with E-state index in [0.717, 1.165) is 37.9 Å². The number of rotatable bonds is 13. The molecule has 29 heavy (non-hydrogen) atoms. The van der Waals surface area contributed by atoms with Crippen LogP contribution in [0.3, 0.4) is 0 Å². The summed E-state index contributed by atoms with van der Waals surface area (Å²) in [7, 11) is 3.06. The molecule has 0 aliphatic carbocycles. The predicted molar refractivity (Wildman–Crippen MR) is 116 cm³/mol. The monoisotopic (exact) mass is 396 g/mol. The molecule has 2 rings (SSSR count). The number of hydrogen-bond donors (Lipinski definition) is 0. The lowest BCUT2D eigenvalue weighted by Gasteiger charge is -2.18. The highest BCUT2D eigenvalue weighted by Gasteiger charge is 2.12. The number of unbranched alkanes of at least 4 members (excludes halogenated alkanes) is 1. The Kier molecular flexibility index (Phi) is 10.0. The molecule has 0 spiro atoms. The van der Waals surface area contributed by atoms with Crippen LogP contribution in [0.5, 0.6) is 0 Å². The fourth-order valence-electron chi connectivity index (χ4n) is 3.25. The first-order valence-corrected chi connectivity index (χ1v) is 10.1. The van der Waals surface area contributed by atoms with Gasteiger partial charge in [-0.2, -0.15) is 0 Å². The van der Waals surface area contributed by atoms with E-state index < -0.39 is 0 Å². The third kappa shape index (κ3) is 8.53. The van der Waals surface area contributed by atoms with E-state index in [2.05, 4.69) is 18.7 Å². The van der Waals surface area contributed by atoms with Crippen LogP contribution >= 0.6 is 0 Å². The molecule has 4 nitrogen and oxygen atoms in total. The first-order chi connectivity index (χ1) is 14.1. The van der Waals surface area contributed by atoms with Crippen LogP contribution in [0.2, 0.25) is 0 Å². The van der Waals surface area contributed by atoms with Gasteiger partial charge in [0.05, 0.1) is 38.8 Å². The van der Waals surface area contributed by atoms with Crippen LogP contribution in [0.25, 0.3) is 0 Å². The third-order valence-electron chi connectivity index (χ3n) is 4.97. The maximum atomic E-state index is 11.6. The summed E-state index contributed by atoms with van der Waals surface area (Å²) in [6.45, 7) is 5.22. The average Bonchev–Trinajstić information content (AvgIpc) is 2.77. The van der Waals surface area contributed by atoms with Crippen LogP contribution in [-0.4, -0.2) is 26.8 Å². The van der Waals surface area contributed by atoms with E-state index in [4.69, 9.17) is 14.2 Å². The van der Waals surface area contributed by atoms with Crippen molar-refractivity contribution in [3.63, 3.8) is 0 Å². The molecule has 0 aliphatic rings. The highest BCUT2D eigenvalue weighted by molar-refractivity contribution is 5.89. The Morgan fingerprint density at radius 1 is 0.931 bits per heavy atom. The largest absolute Gasteiger partial charge is 0.502 e. The lowest BCUT2D eigenvalue weighted by Crippen LogP contribution is -2.13. The minimum Gasteiger partial charge on any atom is -0.502 e. The van der Waals surface area contributed by atoms with Gasteiger partial charge in [-0.15, -0.1) is 0 Å². The number of esters is 1. The van der Waals surface area contributed by atoms with E-state index in [1.165, 1.54) is 18.2 Å². The Hall–Kier alpha value is -2.59. The van der Waals surface area contributed by atoms with Gasteiger partial charge in [-0.25, -0.2) is 4.79 Å². The second-order valence-electron chi connectivity index (χ2n) is 7.25. The lowest BCUT2D eigenvalue weighted by molar-refractivity contribution is 0.0600. The van der Waals surface area contributed by atoms with E-state index in [0.29, 0.717) is 24.7 Å². The van der Waals surface area contributed by atoms with Crippen molar-refractivity contribution in [2.75, 3.05) is 20.8 Å². The molecule has 0 radical (unpaired) electrons. The highest BCUT2D eigenvalue weighted by Crippen LogP contribution is 2.19. The fourth-order valence-corrected chi connectivity index (χ4v) is 3.25. The van der Waals surface area contributed by atoms with Crippen LogP contribution < -0.4 is 0 Å². The van der Waals surface area contributed by atoms with Crippen molar-refractivity contribution in [3.8, 4) is 0 Å². The standard InChI is InChI=1S/C25H32O4/c1-20(27-2)9-7-8-12-23(19-29-18-22-10-5-4-6-11-22)17-21-13-15-24(16-14-21)25(26)28-3/h4-6,10-11,13-16,23H,1,7-9,12,17-19H2,2-3H3. The van der Waals surface area contributed by atoms with Crippen molar-refractivity contribution < 1.29 is 19.0 Å². The molecule has 0 bridgehead atoms. The third-order valence-corrected chi connectivity index (χ3v) is 4.97. The lowest BCUT2D eigenvalue weighted by atomic mass is 9.93.